The van der Waals surface area contributed by atoms with Crippen LogP contribution in [0, 0.1) is 0 Å². The molecule has 1 N–H and O–H groups in total. The highest BCUT2D eigenvalue weighted by Gasteiger charge is 2.16. The number of piperidine rings is 1. The topological polar surface area (TPSA) is 41.6 Å². The maximum atomic E-state index is 12.1. The Hall–Kier alpha value is -2.49. The van der Waals surface area contributed by atoms with Crippen molar-refractivity contribution in [1.29, 1.82) is 0 Å². The van der Waals surface area contributed by atoms with Crippen molar-refractivity contribution in [3.8, 4) is 11.5 Å². The van der Waals surface area contributed by atoms with Crippen molar-refractivity contribution >= 4 is 11.7 Å². The molecular formula is C18H20N2O2. The molecule has 4 nitrogen and oxygen atoms in total. The third-order valence-corrected chi connectivity index (χ3v) is 3.73. The van der Waals surface area contributed by atoms with Gasteiger partial charge in [-0.05, 0) is 55.7 Å². The molecule has 1 saturated heterocycles. The van der Waals surface area contributed by atoms with Gasteiger partial charge in [-0.25, -0.2) is 4.79 Å². The lowest BCUT2D eigenvalue weighted by Crippen LogP contribution is -2.38. The molecule has 3 rings (SSSR count). The number of hydrogen-bond donors (Lipinski definition) is 1. The van der Waals surface area contributed by atoms with Crippen molar-refractivity contribution in [3.63, 3.8) is 0 Å². The van der Waals surface area contributed by atoms with E-state index in [1.807, 2.05) is 59.5 Å². The summed E-state index contributed by atoms with van der Waals surface area (Å²) in [7, 11) is 0. The van der Waals surface area contributed by atoms with Crippen molar-refractivity contribution in [2.45, 2.75) is 19.3 Å². The van der Waals surface area contributed by atoms with Crippen LogP contribution in [0.15, 0.2) is 54.6 Å². The molecule has 2 amide bonds. The minimum atomic E-state index is -0.0172. The highest BCUT2D eigenvalue weighted by atomic mass is 16.5. The summed E-state index contributed by atoms with van der Waals surface area (Å²) in [5, 5.41) is 2.93. The second kappa shape index (κ2) is 6.98. The van der Waals surface area contributed by atoms with E-state index in [1.54, 1.807) is 0 Å². The molecule has 0 spiro atoms. The van der Waals surface area contributed by atoms with Crippen molar-refractivity contribution in [1.82, 2.24) is 4.90 Å². The highest BCUT2D eigenvalue weighted by molar-refractivity contribution is 5.89. The molecule has 1 heterocycles. The number of hydrogen-bond acceptors (Lipinski definition) is 2. The number of urea groups is 1. The monoisotopic (exact) mass is 296 g/mol. The Balaban J connectivity index is 1.58. The number of ether oxygens (including phenoxy) is 1. The molecule has 0 radical (unpaired) electrons. The van der Waals surface area contributed by atoms with Crippen molar-refractivity contribution in [3.05, 3.63) is 54.6 Å². The van der Waals surface area contributed by atoms with Crippen LogP contribution in [0.5, 0.6) is 11.5 Å². The fourth-order valence-electron chi connectivity index (χ4n) is 2.53. The van der Waals surface area contributed by atoms with Gasteiger partial charge < -0.3 is 15.0 Å². The fraction of sp³-hybridized carbons (Fsp3) is 0.278. The molecule has 0 bridgehead atoms. The van der Waals surface area contributed by atoms with Gasteiger partial charge in [-0.2, -0.15) is 0 Å². The average Bonchev–Trinajstić information content (AvgIpc) is 2.58. The first-order valence-corrected chi connectivity index (χ1v) is 7.70. The second-order valence-corrected chi connectivity index (χ2v) is 5.42. The first-order valence-electron chi connectivity index (χ1n) is 7.70. The van der Waals surface area contributed by atoms with Crippen LogP contribution in [0.2, 0.25) is 0 Å². The summed E-state index contributed by atoms with van der Waals surface area (Å²) in [5.41, 5.74) is 0.788. The van der Waals surface area contributed by atoms with E-state index in [-0.39, 0.29) is 6.03 Å². The lowest BCUT2D eigenvalue weighted by molar-refractivity contribution is 0.200. The number of benzene rings is 2. The van der Waals surface area contributed by atoms with Gasteiger partial charge in [0.15, 0.2) is 0 Å². The molecular weight excluding hydrogens is 276 g/mol. The molecule has 0 aliphatic carbocycles. The van der Waals surface area contributed by atoms with Crippen LogP contribution in [0.4, 0.5) is 10.5 Å². The molecule has 22 heavy (non-hydrogen) atoms. The Labute approximate surface area is 130 Å². The first-order chi connectivity index (χ1) is 10.8. The summed E-state index contributed by atoms with van der Waals surface area (Å²) >= 11 is 0. The van der Waals surface area contributed by atoms with Crippen LogP contribution < -0.4 is 10.1 Å². The number of carbonyl (C=O) groups is 1. The van der Waals surface area contributed by atoms with Crippen LogP contribution in [0.25, 0.3) is 0 Å². The van der Waals surface area contributed by atoms with Gasteiger partial charge in [0.1, 0.15) is 11.5 Å². The number of nitrogens with zero attached hydrogens (tertiary/aromatic N) is 1. The third kappa shape index (κ3) is 3.79. The van der Waals surface area contributed by atoms with Gasteiger partial charge >= 0.3 is 6.03 Å². The smallest absolute Gasteiger partial charge is 0.321 e. The van der Waals surface area contributed by atoms with E-state index in [0.29, 0.717) is 0 Å². The van der Waals surface area contributed by atoms with Gasteiger partial charge in [0, 0.05) is 18.8 Å². The zero-order chi connectivity index (χ0) is 15.2. The van der Waals surface area contributed by atoms with Crippen molar-refractivity contribution in [2.75, 3.05) is 18.4 Å². The van der Waals surface area contributed by atoms with Crippen LogP contribution in [0.1, 0.15) is 19.3 Å². The second-order valence-electron chi connectivity index (χ2n) is 5.42. The van der Waals surface area contributed by atoms with E-state index in [2.05, 4.69) is 5.32 Å². The van der Waals surface area contributed by atoms with Gasteiger partial charge in [-0.15, -0.1) is 0 Å². The first kappa shape index (κ1) is 14.4. The molecule has 1 aliphatic heterocycles. The zero-order valence-corrected chi connectivity index (χ0v) is 12.5. The number of nitrogens with one attached hydrogen (secondary N) is 1. The molecule has 1 fully saturated rings. The summed E-state index contributed by atoms with van der Waals surface area (Å²) in [4.78, 5) is 14.0. The SMILES string of the molecule is O=C(Nc1ccc(Oc2ccccc2)cc1)N1CCCCC1. The molecule has 0 saturated carbocycles. The number of anilines is 1. The number of rotatable bonds is 3. The standard InChI is InChI=1S/C18H20N2O2/c21-18(20-13-5-2-6-14-20)19-15-9-11-17(12-10-15)22-16-7-3-1-4-8-16/h1,3-4,7-12H,2,5-6,13-14H2,(H,19,21). The van der Waals surface area contributed by atoms with Crippen LogP contribution in [-0.2, 0) is 0 Å². The summed E-state index contributed by atoms with van der Waals surface area (Å²) in [6.07, 6.45) is 3.41. The normalized spacial score (nSPS) is 14.5. The Morgan fingerprint density at radius 3 is 2.18 bits per heavy atom. The van der Waals surface area contributed by atoms with Gasteiger partial charge in [-0.1, -0.05) is 18.2 Å². The van der Waals surface area contributed by atoms with E-state index in [0.717, 1.165) is 43.1 Å². The number of carbonyl (C=O) groups excluding carboxylic acids is 1. The third-order valence-electron chi connectivity index (χ3n) is 3.73. The van der Waals surface area contributed by atoms with E-state index < -0.39 is 0 Å². The predicted octanol–water partition coefficient (Wildman–Crippen LogP) is 4.50. The molecule has 0 unspecified atom stereocenters. The molecule has 1 aliphatic rings. The van der Waals surface area contributed by atoms with Crippen molar-refractivity contribution in [2.24, 2.45) is 0 Å². The van der Waals surface area contributed by atoms with Gasteiger partial charge in [0.25, 0.3) is 0 Å². The quantitative estimate of drug-likeness (QED) is 0.906. The Kier molecular flexibility index (Phi) is 4.59. The zero-order valence-electron chi connectivity index (χ0n) is 12.5. The summed E-state index contributed by atoms with van der Waals surface area (Å²) < 4.78 is 5.73. The summed E-state index contributed by atoms with van der Waals surface area (Å²) in [6.45, 7) is 1.70. The highest BCUT2D eigenvalue weighted by Crippen LogP contribution is 2.23. The van der Waals surface area contributed by atoms with E-state index in [1.165, 1.54) is 6.42 Å². The molecule has 0 aromatic heterocycles. The van der Waals surface area contributed by atoms with E-state index in [4.69, 9.17) is 4.74 Å². The molecule has 114 valence electrons. The number of para-hydroxylation sites is 1. The number of likely N-dealkylation sites (tertiary alicyclic amines) is 1. The van der Waals surface area contributed by atoms with E-state index >= 15 is 0 Å². The van der Waals surface area contributed by atoms with Gasteiger partial charge in [0.05, 0.1) is 0 Å². The van der Waals surface area contributed by atoms with Crippen LogP contribution >= 0.6 is 0 Å². The minimum absolute atomic E-state index is 0.0172. The van der Waals surface area contributed by atoms with Gasteiger partial charge in [0.2, 0.25) is 0 Å². The predicted molar refractivity (Wildman–Crippen MR) is 87.4 cm³/mol. The maximum absolute atomic E-state index is 12.1. The number of amides is 2. The largest absolute Gasteiger partial charge is 0.457 e. The Morgan fingerprint density at radius 2 is 1.50 bits per heavy atom. The lowest BCUT2D eigenvalue weighted by atomic mass is 10.1. The Bertz CT molecular complexity index is 605. The summed E-state index contributed by atoms with van der Waals surface area (Å²) in [6, 6.07) is 17.1. The molecule has 2 aromatic carbocycles. The molecule has 2 aromatic rings. The average molecular weight is 296 g/mol. The van der Waals surface area contributed by atoms with Gasteiger partial charge in [-0.3, -0.25) is 0 Å². The van der Waals surface area contributed by atoms with Crippen LogP contribution in [-0.4, -0.2) is 24.0 Å². The lowest BCUT2D eigenvalue weighted by Gasteiger charge is -2.26. The molecule has 0 atom stereocenters. The fourth-order valence-corrected chi connectivity index (χ4v) is 2.53. The summed E-state index contributed by atoms with van der Waals surface area (Å²) in [5.74, 6) is 1.55. The molecule has 4 heteroatoms. The maximum Gasteiger partial charge on any atom is 0.321 e. The van der Waals surface area contributed by atoms with Crippen LogP contribution in [0.3, 0.4) is 0 Å². The minimum Gasteiger partial charge on any atom is -0.457 e. The Morgan fingerprint density at radius 1 is 0.864 bits per heavy atom. The van der Waals surface area contributed by atoms with E-state index in [9.17, 15) is 4.79 Å². The van der Waals surface area contributed by atoms with Crippen molar-refractivity contribution < 1.29 is 9.53 Å².